The molecule has 0 bridgehead atoms. The zero-order valence-electron chi connectivity index (χ0n) is 12.2. The molecule has 1 unspecified atom stereocenters. The van der Waals surface area contributed by atoms with Crippen molar-refractivity contribution in [1.29, 1.82) is 0 Å². The number of carbonyl (C=O) groups excluding carboxylic acids is 1. The van der Waals surface area contributed by atoms with Crippen molar-refractivity contribution < 1.29 is 9.53 Å². The minimum Gasteiger partial charge on any atom is -0.380 e. The molecule has 2 aliphatic carbocycles. The van der Waals surface area contributed by atoms with Crippen LogP contribution >= 0.6 is 0 Å². The van der Waals surface area contributed by atoms with E-state index in [4.69, 9.17) is 10.5 Å². The van der Waals surface area contributed by atoms with E-state index in [1.54, 1.807) is 0 Å². The smallest absolute Gasteiger partial charge is 0.239 e. The van der Waals surface area contributed by atoms with Crippen LogP contribution in [0.1, 0.15) is 32.6 Å². The molecule has 1 atom stereocenters. The highest BCUT2D eigenvalue weighted by Crippen LogP contribution is 2.41. The maximum atomic E-state index is 12.0. The molecule has 2 rings (SSSR count). The standard InChI is InChI=1S/C14H27N3O2/c1-3-19-9-8-17(2)10-14(13(15)18,11-4-5-11)16-12-6-7-12/h11-12,16H,3-10H2,1-2H3,(H2,15,18). The molecule has 0 saturated heterocycles. The Morgan fingerprint density at radius 3 is 2.58 bits per heavy atom. The lowest BCUT2D eigenvalue weighted by molar-refractivity contribution is -0.126. The maximum Gasteiger partial charge on any atom is 0.239 e. The molecule has 2 fully saturated rings. The number of amides is 1. The van der Waals surface area contributed by atoms with Crippen molar-refractivity contribution >= 4 is 5.91 Å². The van der Waals surface area contributed by atoms with E-state index in [-0.39, 0.29) is 5.91 Å². The van der Waals surface area contributed by atoms with Gasteiger partial charge in [-0.25, -0.2) is 0 Å². The first kappa shape index (κ1) is 14.8. The Balaban J connectivity index is 1.93. The molecule has 2 saturated carbocycles. The molecule has 2 aliphatic rings. The number of hydrogen-bond acceptors (Lipinski definition) is 4. The average Bonchev–Trinajstić information content (AvgIpc) is 3.21. The maximum absolute atomic E-state index is 12.0. The number of nitrogens with one attached hydrogen (secondary N) is 1. The van der Waals surface area contributed by atoms with Crippen LogP contribution in [0, 0.1) is 5.92 Å². The highest BCUT2D eigenvalue weighted by Gasteiger charge is 2.52. The van der Waals surface area contributed by atoms with E-state index in [0.717, 1.165) is 26.0 Å². The van der Waals surface area contributed by atoms with Crippen LogP contribution < -0.4 is 11.1 Å². The molecule has 0 aromatic rings. The van der Waals surface area contributed by atoms with Crippen molar-refractivity contribution in [2.24, 2.45) is 11.7 Å². The van der Waals surface area contributed by atoms with Gasteiger partial charge < -0.3 is 15.4 Å². The van der Waals surface area contributed by atoms with Crippen LogP contribution in [0.3, 0.4) is 0 Å². The van der Waals surface area contributed by atoms with Gasteiger partial charge in [-0.15, -0.1) is 0 Å². The predicted molar refractivity (Wildman–Crippen MR) is 74.8 cm³/mol. The van der Waals surface area contributed by atoms with Gasteiger partial charge in [-0.1, -0.05) is 0 Å². The van der Waals surface area contributed by atoms with Gasteiger partial charge in [0.05, 0.1) is 6.61 Å². The molecule has 5 heteroatoms. The fourth-order valence-electron chi connectivity index (χ4n) is 2.68. The summed E-state index contributed by atoms with van der Waals surface area (Å²) in [5.74, 6) is 0.227. The van der Waals surface area contributed by atoms with Gasteiger partial charge in [0.1, 0.15) is 5.54 Å². The summed E-state index contributed by atoms with van der Waals surface area (Å²) >= 11 is 0. The van der Waals surface area contributed by atoms with Gasteiger partial charge in [-0.05, 0) is 45.6 Å². The van der Waals surface area contributed by atoms with Crippen LogP contribution in [0.5, 0.6) is 0 Å². The number of primary amides is 1. The monoisotopic (exact) mass is 269 g/mol. The summed E-state index contributed by atoms with van der Waals surface area (Å²) in [7, 11) is 2.04. The van der Waals surface area contributed by atoms with Gasteiger partial charge in [0.2, 0.25) is 5.91 Å². The fourth-order valence-corrected chi connectivity index (χ4v) is 2.68. The highest BCUT2D eigenvalue weighted by atomic mass is 16.5. The normalized spacial score (nSPS) is 22.5. The molecule has 0 aromatic heterocycles. The third kappa shape index (κ3) is 3.91. The quantitative estimate of drug-likeness (QED) is 0.561. The SMILES string of the molecule is CCOCCN(C)CC(NC1CC1)(C(N)=O)C1CC1. The number of ether oxygens (including phenoxy) is 1. The first-order valence-electron chi connectivity index (χ1n) is 7.42. The van der Waals surface area contributed by atoms with E-state index < -0.39 is 5.54 Å². The Morgan fingerprint density at radius 2 is 2.11 bits per heavy atom. The first-order valence-corrected chi connectivity index (χ1v) is 7.42. The zero-order valence-corrected chi connectivity index (χ0v) is 12.2. The topological polar surface area (TPSA) is 67.6 Å². The van der Waals surface area contributed by atoms with E-state index in [9.17, 15) is 4.79 Å². The fraction of sp³-hybridized carbons (Fsp3) is 0.929. The van der Waals surface area contributed by atoms with Crippen LogP contribution in [0.25, 0.3) is 0 Å². The summed E-state index contributed by atoms with van der Waals surface area (Å²) in [6.07, 6.45) is 4.57. The second kappa shape index (κ2) is 6.20. The van der Waals surface area contributed by atoms with Gasteiger partial charge in [0.25, 0.3) is 0 Å². The summed E-state index contributed by atoms with van der Waals surface area (Å²) < 4.78 is 5.37. The predicted octanol–water partition coefficient (Wildman–Crippen LogP) is 0.341. The average molecular weight is 269 g/mol. The Labute approximate surface area is 115 Å². The van der Waals surface area contributed by atoms with Crippen molar-refractivity contribution in [1.82, 2.24) is 10.2 Å². The number of carbonyl (C=O) groups is 1. The van der Waals surface area contributed by atoms with Gasteiger partial charge in [0.15, 0.2) is 0 Å². The zero-order chi connectivity index (χ0) is 13.9. The van der Waals surface area contributed by atoms with Crippen LogP contribution in [0.2, 0.25) is 0 Å². The molecule has 110 valence electrons. The Morgan fingerprint density at radius 1 is 1.42 bits per heavy atom. The van der Waals surface area contributed by atoms with E-state index in [2.05, 4.69) is 10.2 Å². The summed E-state index contributed by atoms with van der Waals surface area (Å²) in [5, 5.41) is 3.53. The summed E-state index contributed by atoms with van der Waals surface area (Å²) in [5.41, 5.74) is 5.21. The van der Waals surface area contributed by atoms with E-state index >= 15 is 0 Å². The van der Waals surface area contributed by atoms with Gasteiger partial charge in [-0.2, -0.15) is 0 Å². The first-order chi connectivity index (χ1) is 9.08. The highest BCUT2D eigenvalue weighted by molar-refractivity contribution is 5.86. The summed E-state index contributed by atoms with van der Waals surface area (Å²) in [6, 6.07) is 0.494. The molecule has 5 nitrogen and oxygen atoms in total. The van der Waals surface area contributed by atoms with Crippen LogP contribution in [0.15, 0.2) is 0 Å². The molecule has 0 radical (unpaired) electrons. The second-order valence-corrected chi connectivity index (χ2v) is 5.96. The molecule has 19 heavy (non-hydrogen) atoms. The molecule has 1 amide bonds. The molecule has 0 heterocycles. The van der Waals surface area contributed by atoms with Crippen molar-refractivity contribution in [3.05, 3.63) is 0 Å². The molecule has 0 spiro atoms. The number of nitrogens with two attached hydrogens (primary N) is 1. The van der Waals surface area contributed by atoms with E-state index in [1.165, 1.54) is 12.8 Å². The molecule has 0 aliphatic heterocycles. The van der Waals surface area contributed by atoms with Gasteiger partial charge in [-0.3, -0.25) is 10.1 Å². The summed E-state index contributed by atoms with van der Waals surface area (Å²) in [6.45, 7) is 4.96. The molecular formula is C14H27N3O2. The molecule has 0 aromatic carbocycles. The largest absolute Gasteiger partial charge is 0.380 e. The van der Waals surface area contributed by atoms with E-state index in [0.29, 0.717) is 25.1 Å². The van der Waals surface area contributed by atoms with Crippen molar-refractivity contribution in [3.63, 3.8) is 0 Å². The molecular weight excluding hydrogens is 242 g/mol. The van der Waals surface area contributed by atoms with Crippen LogP contribution in [-0.2, 0) is 9.53 Å². The van der Waals surface area contributed by atoms with Crippen molar-refractivity contribution in [2.75, 3.05) is 33.4 Å². The van der Waals surface area contributed by atoms with E-state index in [1.807, 2.05) is 14.0 Å². The Hall–Kier alpha value is -0.650. The summed E-state index contributed by atoms with van der Waals surface area (Å²) in [4.78, 5) is 14.2. The van der Waals surface area contributed by atoms with Crippen LogP contribution in [0.4, 0.5) is 0 Å². The lowest BCUT2D eigenvalue weighted by Crippen LogP contribution is -2.63. The third-order valence-corrected chi connectivity index (χ3v) is 4.09. The van der Waals surface area contributed by atoms with Crippen LogP contribution in [-0.4, -0.2) is 55.7 Å². The second-order valence-electron chi connectivity index (χ2n) is 5.96. The van der Waals surface area contributed by atoms with Gasteiger partial charge >= 0.3 is 0 Å². The minimum absolute atomic E-state index is 0.190. The number of likely N-dealkylation sites (N-methyl/N-ethyl adjacent to an activating group) is 1. The van der Waals surface area contributed by atoms with Crippen molar-refractivity contribution in [3.8, 4) is 0 Å². The third-order valence-electron chi connectivity index (χ3n) is 4.09. The lowest BCUT2D eigenvalue weighted by Gasteiger charge is -2.36. The minimum atomic E-state index is -0.526. The van der Waals surface area contributed by atoms with Gasteiger partial charge in [0, 0.05) is 25.7 Å². The Kier molecular flexibility index (Phi) is 4.81. The number of hydrogen-bond donors (Lipinski definition) is 2. The Bertz CT molecular complexity index is 316. The lowest BCUT2D eigenvalue weighted by atomic mass is 9.91. The molecule has 3 N–H and O–H groups in total. The van der Waals surface area contributed by atoms with Crippen molar-refractivity contribution in [2.45, 2.75) is 44.2 Å². The number of rotatable bonds is 10. The number of nitrogens with zero attached hydrogens (tertiary/aromatic N) is 1.